The third-order valence-corrected chi connectivity index (χ3v) is 5.43. The van der Waals surface area contributed by atoms with E-state index in [9.17, 15) is 9.59 Å². The van der Waals surface area contributed by atoms with Crippen LogP contribution in [0.1, 0.15) is 20.7 Å². The van der Waals surface area contributed by atoms with Gasteiger partial charge in [-0.3, -0.25) is 9.59 Å². The Bertz CT molecular complexity index is 781. The lowest BCUT2D eigenvalue weighted by molar-refractivity contribution is 0.0989. The molecule has 0 aliphatic heterocycles. The van der Waals surface area contributed by atoms with Crippen molar-refractivity contribution in [2.45, 2.75) is 4.90 Å². The first kappa shape index (κ1) is 14.6. The minimum absolute atomic E-state index is 0.142. The van der Waals surface area contributed by atoms with Crippen LogP contribution in [0.2, 0.25) is 5.02 Å². The molecule has 0 aromatic heterocycles. The van der Waals surface area contributed by atoms with Crippen LogP contribution in [0.5, 0.6) is 0 Å². The predicted molar refractivity (Wildman–Crippen MR) is 88.4 cm³/mol. The number of carbonyl (C=O) groups is 2. The van der Waals surface area contributed by atoms with Crippen LogP contribution in [0.15, 0.2) is 62.8 Å². The van der Waals surface area contributed by atoms with Gasteiger partial charge in [-0.05, 0) is 40.2 Å². The van der Waals surface area contributed by atoms with Crippen LogP contribution in [-0.2, 0) is 0 Å². The number of thioether (sulfide) groups is 1. The van der Waals surface area contributed by atoms with Gasteiger partial charge in [0, 0.05) is 21.0 Å². The summed E-state index contributed by atoms with van der Waals surface area (Å²) in [6.07, 6.45) is 0. The smallest absolute Gasteiger partial charge is 0.202 e. The molecule has 0 unspecified atom stereocenters. The van der Waals surface area contributed by atoms with Gasteiger partial charge in [0.25, 0.3) is 0 Å². The van der Waals surface area contributed by atoms with Crippen molar-refractivity contribution < 1.29 is 9.59 Å². The molecule has 0 amide bonds. The monoisotopic (exact) mass is 378 g/mol. The zero-order valence-corrected chi connectivity index (χ0v) is 13.8. The lowest BCUT2D eigenvalue weighted by Gasteiger charge is -2.17. The van der Waals surface area contributed by atoms with Crippen molar-refractivity contribution in [2.24, 2.45) is 0 Å². The van der Waals surface area contributed by atoms with Crippen molar-refractivity contribution in [2.75, 3.05) is 0 Å². The van der Waals surface area contributed by atoms with Crippen molar-refractivity contribution in [3.63, 3.8) is 0 Å². The largest absolute Gasteiger partial charge is 0.288 e. The summed E-state index contributed by atoms with van der Waals surface area (Å²) in [7, 11) is 0. The average Bonchev–Trinajstić information content (AvgIpc) is 2.51. The topological polar surface area (TPSA) is 34.1 Å². The number of halogens is 2. The lowest BCUT2D eigenvalue weighted by Crippen LogP contribution is -2.18. The molecule has 2 nitrogen and oxygen atoms in total. The number of hydrogen-bond acceptors (Lipinski definition) is 3. The van der Waals surface area contributed by atoms with Gasteiger partial charge in [-0.1, -0.05) is 47.6 Å². The highest BCUT2D eigenvalue weighted by Crippen LogP contribution is 2.39. The SMILES string of the molecule is O=C1C(Br)=C(Sc2ccc(Cl)cc2)C(=O)c2ccccc21. The Morgan fingerprint density at radius 2 is 1.43 bits per heavy atom. The van der Waals surface area contributed by atoms with E-state index in [2.05, 4.69) is 15.9 Å². The summed E-state index contributed by atoms with van der Waals surface area (Å²) in [6.45, 7) is 0. The molecule has 1 aliphatic rings. The maximum atomic E-state index is 12.6. The van der Waals surface area contributed by atoms with E-state index in [1.165, 1.54) is 11.8 Å². The molecule has 3 rings (SSSR count). The average molecular weight is 380 g/mol. The fraction of sp³-hybridized carbons (Fsp3) is 0. The molecule has 5 heteroatoms. The van der Waals surface area contributed by atoms with Crippen molar-refractivity contribution in [3.8, 4) is 0 Å². The summed E-state index contributed by atoms with van der Waals surface area (Å²) in [5.74, 6) is -0.307. The van der Waals surface area contributed by atoms with Gasteiger partial charge in [0.1, 0.15) is 0 Å². The van der Waals surface area contributed by atoms with E-state index < -0.39 is 0 Å². The van der Waals surface area contributed by atoms with Gasteiger partial charge < -0.3 is 0 Å². The maximum absolute atomic E-state index is 12.6. The van der Waals surface area contributed by atoms with Crippen LogP contribution >= 0.6 is 39.3 Å². The van der Waals surface area contributed by atoms with E-state index in [0.29, 0.717) is 25.5 Å². The normalized spacial score (nSPS) is 14.4. The number of fused-ring (bicyclic) bond motifs is 1. The molecular weight excluding hydrogens is 372 g/mol. The first-order chi connectivity index (χ1) is 10.1. The van der Waals surface area contributed by atoms with E-state index in [0.717, 1.165) is 4.90 Å². The fourth-order valence-electron chi connectivity index (χ4n) is 2.03. The van der Waals surface area contributed by atoms with E-state index in [1.807, 2.05) is 12.1 Å². The van der Waals surface area contributed by atoms with Crippen LogP contribution in [0.4, 0.5) is 0 Å². The third kappa shape index (κ3) is 2.71. The van der Waals surface area contributed by atoms with Crippen LogP contribution < -0.4 is 0 Å². The molecule has 0 saturated heterocycles. The minimum atomic E-state index is -0.165. The summed E-state index contributed by atoms with van der Waals surface area (Å²) < 4.78 is 0.311. The molecule has 0 bridgehead atoms. The highest BCUT2D eigenvalue weighted by atomic mass is 79.9. The molecule has 0 radical (unpaired) electrons. The molecule has 0 saturated carbocycles. The van der Waals surface area contributed by atoms with E-state index in [4.69, 9.17) is 11.6 Å². The number of ketones is 2. The quantitative estimate of drug-likeness (QED) is 0.726. The number of carbonyl (C=O) groups excluding carboxylic acids is 2. The molecule has 0 spiro atoms. The van der Waals surface area contributed by atoms with Crippen LogP contribution in [0, 0.1) is 0 Å². The molecule has 0 atom stereocenters. The van der Waals surface area contributed by atoms with Gasteiger partial charge in [-0.25, -0.2) is 0 Å². The van der Waals surface area contributed by atoms with Gasteiger partial charge in [-0.2, -0.15) is 0 Å². The maximum Gasteiger partial charge on any atom is 0.202 e. The number of Topliss-reactive ketones (excluding diaryl/α,β-unsaturated/α-hetero) is 2. The summed E-state index contributed by atoms with van der Waals surface area (Å²) in [5.41, 5.74) is 0.886. The standard InChI is InChI=1S/C16H8BrClO2S/c17-13-14(19)11-3-1-2-4-12(11)15(20)16(13)21-10-7-5-9(18)6-8-10/h1-8H. The molecule has 0 heterocycles. The highest BCUT2D eigenvalue weighted by Gasteiger charge is 2.31. The second-order valence-corrected chi connectivity index (χ2v) is 6.72. The van der Waals surface area contributed by atoms with Gasteiger partial charge >= 0.3 is 0 Å². The number of rotatable bonds is 2. The Morgan fingerprint density at radius 3 is 2.05 bits per heavy atom. The molecule has 2 aromatic carbocycles. The predicted octanol–water partition coefficient (Wildman–Crippen LogP) is 5.12. The van der Waals surface area contributed by atoms with Crippen molar-refractivity contribution in [3.05, 3.63) is 74.1 Å². The second-order valence-electron chi connectivity index (χ2n) is 4.40. The molecule has 104 valence electrons. The van der Waals surface area contributed by atoms with Crippen molar-refractivity contribution in [1.82, 2.24) is 0 Å². The number of hydrogen-bond donors (Lipinski definition) is 0. The second kappa shape index (κ2) is 5.79. The Hall–Kier alpha value is -1.36. The van der Waals surface area contributed by atoms with Gasteiger partial charge in [0.15, 0.2) is 0 Å². The molecule has 0 fully saturated rings. The molecule has 2 aromatic rings. The fourth-order valence-corrected chi connectivity index (χ4v) is 3.69. The van der Waals surface area contributed by atoms with Crippen LogP contribution in [-0.4, -0.2) is 11.6 Å². The van der Waals surface area contributed by atoms with Crippen LogP contribution in [0.25, 0.3) is 0 Å². The molecule has 21 heavy (non-hydrogen) atoms. The Labute approximate surface area is 139 Å². The Balaban J connectivity index is 2.02. The zero-order valence-electron chi connectivity index (χ0n) is 10.6. The highest BCUT2D eigenvalue weighted by molar-refractivity contribution is 9.12. The zero-order chi connectivity index (χ0) is 15.0. The summed E-state index contributed by atoms with van der Waals surface area (Å²) in [5, 5.41) is 0.629. The van der Waals surface area contributed by atoms with Crippen molar-refractivity contribution >= 4 is 50.9 Å². The number of benzene rings is 2. The van der Waals surface area contributed by atoms with Crippen molar-refractivity contribution in [1.29, 1.82) is 0 Å². The lowest BCUT2D eigenvalue weighted by atomic mass is 9.95. The number of allylic oxidation sites excluding steroid dienone is 2. The van der Waals surface area contributed by atoms with Gasteiger partial charge in [-0.15, -0.1) is 0 Å². The Morgan fingerprint density at radius 1 is 0.857 bits per heavy atom. The van der Waals surface area contributed by atoms with E-state index in [1.54, 1.807) is 36.4 Å². The molecule has 1 aliphatic carbocycles. The Kier molecular flexibility index (Phi) is 4.02. The first-order valence-electron chi connectivity index (χ1n) is 6.09. The summed E-state index contributed by atoms with van der Waals surface area (Å²) in [6, 6.07) is 14.0. The first-order valence-corrected chi connectivity index (χ1v) is 8.08. The van der Waals surface area contributed by atoms with Crippen LogP contribution in [0.3, 0.4) is 0 Å². The van der Waals surface area contributed by atoms with Gasteiger partial charge in [0.2, 0.25) is 11.6 Å². The summed E-state index contributed by atoms with van der Waals surface area (Å²) in [4.78, 5) is 26.1. The minimum Gasteiger partial charge on any atom is -0.288 e. The molecular formula is C16H8BrClO2S. The van der Waals surface area contributed by atoms with E-state index >= 15 is 0 Å². The van der Waals surface area contributed by atoms with Gasteiger partial charge in [0.05, 0.1) is 9.39 Å². The van der Waals surface area contributed by atoms with E-state index in [-0.39, 0.29) is 11.6 Å². The summed E-state index contributed by atoms with van der Waals surface area (Å²) >= 11 is 10.4. The molecule has 0 N–H and O–H groups in total. The third-order valence-electron chi connectivity index (χ3n) is 3.05.